The molecule has 4 nitrogen and oxygen atoms in total. The van der Waals surface area contributed by atoms with Gasteiger partial charge in [0.25, 0.3) is 0 Å². The third kappa shape index (κ3) is 2.86. The van der Waals surface area contributed by atoms with Gasteiger partial charge in [0.2, 0.25) is 17.4 Å². The van der Waals surface area contributed by atoms with Crippen molar-refractivity contribution in [2.24, 2.45) is 0 Å². The summed E-state index contributed by atoms with van der Waals surface area (Å²) in [5.74, 6) is -9.74. The van der Waals surface area contributed by atoms with Gasteiger partial charge in [0.15, 0.2) is 17.3 Å². The van der Waals surface area contributed by atoms with Crippen LogP contribution < -0.4 is 4.74 Å². The summed E-state index contributed by atoms with van der Waals surface area (Å²) in [6.07, 6.45) is 2.20. The minimum absolute atomic E-state index is 0.00663. The normalized spacial score (nSPS) is 10.4. The summed E-state index contributed by atoms with van der Waals surface area (Å²) in [5, 5.41) is 0. The van der Waals surface area contributed by atoms with E-state index >= 15 is 0 Å². The number of nitrogens with zero attached hydrogens (tertiary/aromatic N) is 2. The predicted octanol–water partition coefficient (Wildman–Crippen LogP) is 2.86. The number of halogens is 5. The maximum atomic E-state index is 13.3. The van der Waals surface area contributed by atoms with Gasteiger partial charge in [-0.2, -0.15) is 8.78 Å². The minimum Gasteiger partial charge on any atom is -0.415 e. The Kier molecular flexibility index (Phi) is 4.16. The number of rotatable bonds is 2. The number of hydrogen-bond acceptors (Lipinski definition) is 4. The van der Waals surface area contributed by atoms with Gasteiger partial charge in [-0.25, -0.2) is 23.5 Å². The van der Waals surface area contributed by atoms with Crippen LogP contribution in [0.2, 0.25) is 0 Å². The Hall–Kier alpha value is -1.78. The van der Waals surface area contributed by atoms with E-state index in [1.165, 1.54) is 6.20 Å². The third-order valence-corrected chi connectivity index (χ3v) is 2.65. The molecule has 0 amide bonds. The Bertz CT molecular complexity index is 653. The van der Waals surface area contributed by atoms with Crippen LogP contribution in [0.25, 0.3) is 0 Å². The molecule has 9 heteroatoms. The zero-order valence-electron chi connectivity index (χ0n) is 9.33. The zero-order valence-corrected chi connectivity index (χ0v) is 11.5. The van der Waals surface area contributed by atoms with Crippen LogP contribution in [0.3, 0.4) is 0 Å². The van der Waals surface area contributed by atoms with Gasteiger partial charge in [0.1, 0.15) is 3.70 Å². The second-order valence-corrected chi connectivity index (χ2v) is 4.52. The Morgan fingerprint density at radius 1 is 1.05 bits per heavy atom. The SMILES string of the molecule is O=C(Oc1c(F)c(F)cc(F)c1F)c1cnc(I)cn1. The van der Waals surface area contributed by atoms with Crippen molar-refractivity contribution in [2.45, 2.75) is 0 Å². The van der Waals surface area contributed by atoms with Crippen LogP contribution >= 0.6 is 22.6 Å². The van der Waals surface area contributed by atoms with Gasteiger partial charge in [0, 0.05) is 6.07 Å². The van der Waals surface area contributed by atoms with Gasteiger partial charge in [-0.05, 0) is 22.6 Å². The lowest BCUT2D eigenvalue weighted by atomic mass is 10.3. The molecule has 0 unspecified atom stereocenters. The molecule has 1 aromatic heterocycles. The molecule has 1 heterocycles. The minimum atomic E-state index is -1.81. The van der Waals surface area contributed by atoms with Crippen LogP contribution in [0.15, 0.2) is 18.5 Å². The molecule has 104 valence electrons. The van der Waals surface area contributed by atoms with E-state index < -0.39 is 35.0 Å². The van der Waals surface area contributed by atoms with Crippen molar-refractivity contribution >= 4 is 28.6 Å². The Labute approximate surface area is 122 Å². The lowest BCUT2D eigenvalue weighted by Gasteiger charge is -2.07. The molecule has 0 N–H and O–H groups in total. The van der Waals surface area contributed by atoms with E-state index in [0.717, 1.165) is 6.20 Å². The Morgan fingerprint density at radius 3 is 2.15 bits per heavy atom. The number of aromatic nitrogens is 2. The zero-order chi connectivity index (χ0) is 14.9. The first-order valence-corrected chi connectivity index (χ1v) is 6.00. The maximum absolute atomic E-state index is 13.3. The second-order valence-electron chi connectivity index (χ2n) is 3.41. The van der Waals surface area contributed by atoms with Crippen LogP contribution in [0.1, 0.15) is 10.5 Å². The molecule has 0 bridgehead atoms. The number of esters is 1. The van der Waals surface area contributed by atoms with Crippen molar-refractivity contribution in [1.82, 2.24) is 9.97 Å². The van der Waals surface area contributed by atoms with Gasteiger partial charge in [-0.3, -0.25) is 0 Å². The largest absolute Gasteiger partial charge is 0.415 e. The average Bonchev–Trinajstić information content (AvgIpc) is 2.42. The van der Waals surface area contributed by atoms with Crippen LogP contribution in [-0.4, -0.2) is 15.9 Å². The molecular formula is C11H3F4IN2O2. The average molecular weight is 398 g/mol. The molecule has 2 aromatic rings. The van der Waals surface area contributed by atoms with Crippen molar-refractivity contribution in [3.63, 3.8) is 0 Å². The highest BCUT2D eigenvalue weighted by atomic mass is 127. The van der Waals surface area contributed by atoms with Gasteiger partial charge < -0.3 is 4.74 Å². The van der Waals surface area contributed by atoms with E-state index in [1.807, 2.05) is 22.6 Å². The van der Waals surface area contributed by atoms with Crippen molar-refractivity contribution in [1.29, 1.82) is 0 Å². The lowest BCUT2D eigenvalue weighted by Crippen LogP contribution is -2.14. The summed E-state index contributed by atoms with van der Waals surface area (Å²) >= 11 is 1.82. The second kappa shape index (κ2) is 5.69. The van der Waals surface area contributed by atoms with E-state index in [1.54, 1.807) is 0 Å². The molecule has 1 aromatic carbocycles. The first-order valence-electron chi connectivity index (χ1n) is 4.93. The smallest absolute Gasteiger partial charge is 0.364 e. The molecule has 0 spiro atoms. The summed E-state index contributed by atoms with van der Waals surface area (Å²) < 4.78 is 57.2. The number of ether oxygens (including phenoxy) is 1. The van der Waals surface area contributed by atoms with Gasteiger partial charge in [-0.15, -0.1) is 0 Å². The Morgan fingerprint density at radius 2 is 1.65 bits per heavy atom. The third-order valence-electron chi connectivity index (χ3n) is 2.10. The van der Waals surface area contributed by atoms with E-state index in [2.05, 4.69) is 14.7 Å². The number of hydrogen-bond donors (Lipinski definition) is 0. The molecule has 0 fully saturated rings. The fourth-order valence-electron chi connectivity index (χ4n) is 1.20. The number of benzene rings is 1. The Balaban J connectivity index is 2.35. The summed E-state index contributed by atoms with van der Waals surface area (Å²) in [6, 6.07) is 0.00663. The van der Waals surface area contributed by atoms with Gasteiger partial charge >= 0.3 is 5.97 Å². The molecule has 0 aliphatic heterocycles. The standard InChI is InChI=1S/C11H3F4IN2O2/c12-4-1-5(13)9(15)10(8(4)14)20-11(19)6-2-18-7(16)3-17-6/h1-3H. The molecule has 0 aliphatic carbocycles. The van der Waals surface area contributed by atoms with E-state index in [4.69, 9.17) is 0 Å². The van der Waals surface area contributed by atoms with Crippen molar-refractivity contribution in [3.8, 4) is 5.75 Å². The van der Waals surface area contributed by atoms with Gasteiger partial charge in [-0.1, -0.05) is 0 Å². The highest BCUT2D eigenvalue weighted by molar-refractivity contribution is 14.1. The van der Waals surface area contributed by atoms with Crippen LogP contribution in [0.4, 0.5) is 17.6 Å². The van der Waals surface area contributed by atoms with Crippen molar-refractivity contribution in [3.05, 3.63) is 51.1 Å². The molecule has 20 heavy (non-hydrogen) atoms. The molecule has 2 rings (SSSR count). The molecule has 0 saturated carbocycles. The fraction of sp³-hybridized carbons (Fsp3) is 0. The van der Waals surface area contributed by atoms with Crippen LogP contribution in [0.5, 0.6) is 5.75 Å². The first kappa shape index (κ1) is 14.6. The quantitative estimate of drug-likeness (QED) is 0.257. The molecule has 0 aliphatic rings. The van der Waals surface area contributed by atoms with E-state index in [0.29, 0.717) is 3.70 Å². The molecule has 0 radical (unpaired) electrons. The topological polar surface area (TPSA) is 52.1 Å². The van der Waals surface area contributed by atoms with Crippen LogP contribution in [0, 0.1) is 27.0 Å². The van der Waals surface area contributed by atoms with E-state index in [9.17, 15) is 22.4 Å². The number of carbonyl (C=O) groups is 1. The first-order chi connectivity index (χ1) is 9.40. The van der Waals surface area contributed by atoms with Crippen LogP contribution in [-0.2, 0) is 0 Å². The summed E-state index contributed by atoms with van der Waals surface area (Å²) in [6.45, 7) is 0. The highest BCUT2D eigenvalue weighted by Gasteiger charge is 2.24. The lowest BCUT2D eigenvalue weighted by molar-refractivity contribution is 0.0710. The summed E-state index contributed by atoms with van der Waals surface area (Å²) in [5.41, 5.74) is -0.367. The number of carbonyl (C=O) groups excluding carboxylic acids is 1. The molecule has 0 saturated heterocycles. The van der Waals surface area contributed by atoms with Gasteiger partial charge in [0.05, 0.1) is 12.4 Å². The predicted molar refractivity (Wildman–Crippen MR) is 66.0 cm³/mol. The highest BCUT2D eigenvalue weighted by Crippen LogP contribution is 2.27. The monoisotopic (exact) mass is 398 g/mol. The summed E-state index contributed by atoms with van der Waals surface area (Å²) in [4.78, 5) is 18.9. The van der Waals surface area contributed by atoms with Crippen molar-refractivity contribution in [2.75, 3.05) is 0 Å². The maximum Gasteiger partial charge on any atom is 0.364 e. The van der Waals surface area contributed by atoms with E-state index in [-0.39, 0.29) is 11.8 Å². The summed E-state index contributed by atoms with van der Waals surface area (Å²) in [7, 11) is 0. The fourth-order valence-corrected chi connectivity index (χ4v) is 1.48. The van der Waals surface area contributed by atoms with Crippen molar-refractivity contribution < 1.29 is 27.1 Å². The molecule has 0 atom stereocenters. The molecular weight excluding hydrogens is 395 g/mol.